The van der Waals surface area contributed by atoms with Gasteiger partial charge in [0.15, 0.2) is 0 Å². The Labute approximate surface area is 29.9 Å². The molecule has 0 aromatic rings. The minimum atomic E-state index is -3.00. The van der Waals surface area contributed by atoms with Crippen LogP contribution in [0.15, 0.2) is 0 Å². The van der Waals surface area contributed by atoms with Crippen molar-refractivity contribution in [3.63, 3.8) is 0 Å². The smallest absolute Gasteiger partial charge is 0.368 e. The normalized spacial score (nSPS) is 12.0. The Kier molecular flexibility index (Phi) is 0.957. The molecule has 3 nitrogen and oxygen atoms in total. The molecule has 4 heteroatoms. The van der Waals surface area contributed by atoms with Crippen LogP contribution < -0.4 is 0 Å². The summed E-state index contributed by atoms with van der Waals surface area (Å²) in [5.41, 5.74) is 0. The van der Waals surface area contributed by atoms with Crippen LogP contribution in [0.1, 0.15) is 0 Å². The SMILES string of the molecule is C[B-](O)(O)O. The molecule has 0 rings (SSSR count). The first-order valence-electron chi connectivity index (χ1n) is 1.35. The molecule has 0 saturated carbocycles. The Bertz CT molecular complexity index is 22.4. The van der Waals surface area contributed by atoms with Gasteiger partial charge in [-0.3, -0.25) is 0 Å². The fourth-order valence-corrected chi connectivity index (χ4v) is 0. The lowest BCUT2D eigenvalue weighted by Crippen LogP contribution is -2.28. The van der Waals surface area contributed by atoms with Gasteiger partial charge in [0.05, 0.1) is 0 Å². The molecule has 0 spiro atoms. The summed E-state index contributed by atoms with van der Waals surface area (Å²) in [5, 5.41) is 23.1. The lowest BCUT2D eigenvalue weighted by Gasteiger charge is -2.09. The van der Waals surface area contributed by atoms with Gasteiger partial charge in [0.2, 0.25) is 0 Å². The van der Waals surface area contributed by atoms with Gasteiger partial charge < -0.3 is 15.1 Å². The van der Waals surface area contributed by atoms with E-state index in [0.717, 1.165) is 6.82 Å². The van der Waals surface area contributed by atoms with E-state index >= 15 is 0 Å². The Hall–Kier alpha value is -0.0551. The Morgan fingerprint density at radius 1 is 1.20 bits per heavy atom. The highest BCUT2D eigenvalue weighted by atomic mass is 16.5. The van der Waals surface area contributed by atoms with E-state index in [0.29, 0.717) is 0 Å². The second-order valence-corrected chi connectivity index (χ2v) is 1.12. The van der Waals surface area contributed by atoms with Crippen molar-refractivity contribution in [1.29, 1.82) is 0 Å². The maximum Gasteiger partial charge on any atom is 0.368 e. The number of hydrogen-bond donors (Lipinski definition) is 3. The molecule has 0 heterocycles. The van der Waals surface area contributed by atoms with Crippen molar-refractivity contribution in [2.45, 2.75) is 6.82 Å². The molecule has 0 atom stereocenters. The van der Waals surface area contributed by atoms with Crippen molar-refractivity contribution in [2.75, 3.05) is 0 Å². The quantitative estimate of drug-likeness (QED) is 0.309. The Balaban J connectivity index is 3.02. The molecule has 0 aliphatic rings. The summed E-state index contributed by atoms with van der Waals surface area (Å²) in [6.07, 6.45) is 0. The highest BCUT2D eigenvalue weighted by molar-refractivity contribution is 6.54. The predicted molar refractivity (Wildman–Crippen MR) is 18.3 cm³/mol. The van der Waals surface area contributed by atoms with Crippen LogP contribution in [0.25, 0.3) is 0 Å². The van der Waals surface area contributed by atoms with Crippen LogP contribution in [-0.2, 0) is 0 Å². The lowest BCUT2D eigenvalue weighted by molar-refractivity contribution is 0.239. The van der Waals surface area contributed by atoms with Crippen molar-refractivity contribution in [2.24, 2.45) is 0 Å². The molecule has 0 amide bonds. The molecule has 0 aromatic carbocycles. The molecule has 0 aromatic heterocycles. The van der Waals surface area contributed by atoms with Gasteiger partial charge in [0.25, 0.3) is 0 Å². The van der Waals surface area contributed by atoms with Gasteiger partial charge in [-0.25, -0.2) is 0 Å². The van der Waals surface area contributed by atoms with Gasteiger partial charge in [-0.2, -0.15) is 0 Å². The molecule has 0 unspecified atom stereocenters. The van der Waals surface area contributed by atoms with E-state index in [2.05, 4.69) is 0 Å². The third-order valence-electron chi connectivity index (χ3n) is 0. The Morgan fingerprint density at radius 2 is 1.20 bits per heavy atom. The molecular weight excluding hydrogens is 70.8 g/mol. The second-order valence-electron chi connectivity index (χ2n) is 1.12. The highest BCUT2D eigenvalue weighted by Gasteiger charge is 2.01. The third kappa shape index (κ3) is 4920. The van der Waals surface area contributed by atoms with Crippen molar-refractivity contribution < 1.29 is 15.1 Å². The monoisotopic (exact) mass is 77.0 g/mol. The fraction of sp³-hybridized carbons (Fsp3) is 1.00. The molecule has 0 fully saturated rings. The van der Waals surface area contributed by atoms with Gasteiger partial charge in [-0.05, 0) is 0 Å². The average Bonchev–Trinajstić information content (AvgIpc) is 0.722. The molecular formula is CH6BO3-. The van der Waals surface area contributed by atoms with Gasteiger partial charge in [-0.1, -0.05) is 0 Å². The largest absolute Gasteiger partial charge is 0.560 e. The Morgan fingerprint density at radius 3 is 1.20 bits per heavy atom. The first-order chi connectivity index (χ1) is 2.00. The zero-order valence-electron chi connectivity index (χ0n) is 2.92. The third-order valence-corrected chi connectivity index (χ3v) is 0. The van der Waals surface area contributed by atoms with E-state index < -0.39 is 6.75 Å². The van der Waals surface area contributed by atoms with E-state index in [1.807, 2.05) is 0 Å². The van der Waals surface area contributed by atoms with Crippen molar-refractivity contribution in [3.05, 3.63) is 0 Å². The highest BCUT2D eigenvalue weighted by Crippen LogP contribution is 1.75. The van der Waals surface area contributed by atoms with E-state index in [-0.39, 0.29) is 0 Å². The summed E-state index contributed by atoms with van der Waals surface area (Å²) in [6.45, 7) is -2.08. The maximum atomic E-state index is 7.69. The van der Waals surface area contributed by atoms with Crippen LogP contribution in [0.5, 0.6) is 0 Å². The van der Waals surface area contributed by atoms with E-state index in [1.54, 1.807) is 0 Å². The van der Waals surface area contributed by atoms with E-state index in [4.69, 9.17) is 15.1 Å². The number of hydrogen-bond acceptors (Lipinski definition) is 3. The molecule has 0 aliphatic heterocycles. The minimum Gasteiger partial charge on any atom is -0.560 e. The van der Waals surface area contributed by atoms with Crippen molar-refractivity contribution in [1.82, 2.24) is 0 Å². The van der Waals surface area contributed by atoms with Gasteiger partial charge in [0.1, 0.15) is 0 Å². The first kappa shape index (κ1) is 4.94. The van der Waals surface area contributed by atoms with E-state index in [1.165, 1.54) is 0 Å². The van der Waals surface area contributed by atoms with E-state index in [9.17, 15) is 0 Å². The molecule has 3 N–H and O–H groups in total. The van der Waals surface area contributed by atoms with Crippen LogP contribution in [0.4, 0.5) is 0 Å². The van der Waals surface area contributed by atoms with Gasteiger partial charge in [-0.15, -0.1) is 6.82 Å². The zero-order chi connectivity index (χ0) is 4.50. The minimum absolute atomic E-state index is 0.917. The van der Waals surface area contributed by atoms with Crippen molar-refractivity contribution >= 4 is 6.75 Å². The fourth-order valence-electron chi connectivity index (χ4n) is 0. The number of rotatable bonds is 0. The molecule has 0 saturated heterocycles. The van der Waals surface area contributed by atoms with Gasteiger partial charge in [0, 0.05) is 0 Å². The van der Waals surface area contributed by atoms with Crippen LogP contribution in [0.2, 0.25) is 6.82 Å². The molecule has 0 radical (unpaired) electrons. The summed E-state index contributed by atoms with van der Waals surface area (Å²) in [4.78, 5) is 0. The lowest BCUT2D eigenvalue weighted by atomic mass is 9.86. The van der Waals surface area contributed by atoms with Crippen LogP contribution >= 0.6 is 0 Å². The molecule has 0 aliphatic carbocycles. The maximum absolute atomic E-state index is 7.69. The molecule has 32 valence electrons. The van der Waals surface area contributed by atoms with Crippen LogP contribution in [0, 0.1) is 0 Å². The topological polar surface area (TPSA) is 60.7 Å². The molecule has 5 heavy (non-hydrogen) atoms. The molecule has 0 bridgehead atoms. The predicted octanol–water partition coefficient (Wildman–Crippen LogP) is -1.47. The zero-order valence-corrected chi connectivity index (χ0v) is 2.92. The summed E-state index contributed by atoms with van der Waals surface area (Å²) in [6, 6.07) is 0. The average molecular weight is 76.9 g/mol. The summed E-state index contributed by atoms with van der Waals surface area (Å²) in [5.74, 6) is 0. The summed E-state index contributed by atoms with van der Waals surface area (Å²) < 4.78 is 0. The van der Waals surface area contributed by atoms with Crippen molar-refractivity contribution in [3.8, 4) is 0 Å². The summed E-state index contributed by atoms with van der Waals surface area (Å²) in [7, 11) is 0. The first-order valence-corrected chi connectivity index (χ1v) is 1.35. The second kappa shape index (κ2) is 0.968. The van der Waals surface area contributed by atoms with Crippen LogP contribution in [-0.4, -0.2) is 21.8 Å². The standard InChI is InChI=1S/CH6BO3/c1-2(3,4)5/h3-5H,1H3/q-1. The van der Waals surface area contributed by atoms with Gasteiger partial charge >= 0.3 is 6.75 Å². The van der Waals surface area contributed by atoms with Crippen LogP contribution in [0.3, 0.4) is 0 Å². The summed E-state index contributed by atoms with van der Waals surface area (Å²) >= 11 is 0.